The van der Waals surface area contributed by atoms with Gasteiger partial charge in [0.25, 0.3) is 0 Å². The van der Waals surface area contributed by atoms with Gasteiger partial charge >= 0.3 is 12.4 Å². The number of amides is 2. The Labute approximate surface area is 264 Å². The van der Waals surface area contributed by atoms with Crippen LogP contribution in [0.4, 0.5) is 23.7 Å². The smallest absolute Gasteiger partial charge is 0.406 e. The molecular formula is C33H35F3N6O2S. The summed E-state index contributed by atoms with van der Waals surface area (Å²) in [4.78, 5) is 24.3. The molecule has 8 nitrogen and oxygen atoms in total. The van der Waals surface area contributed by atoms with E-state index in [0.717, 1.165) is 35.4 Å². The number of amidine groups is 1. The van der Waals surface area contributed by atoms with Crippen LogP contribution in [-0.4, -0.2) is 44.1 Å². The molecule has 5 rings (SSSR count). The zero-order chi connectivity index (χ0) is 32.1. The maximum absolute atomic E-state index is 13.2. The summed E-state index contributed by atoms with van der Waals surface area (Å²) < 4.78 is 42.8. The van der Waals surface area contributed by atoms with Gasteiger partial charge in [0.15, 0.2) is 11.0 Å². The fourth-order valence-corrected chi connectivity index (χ4v) is 6.31. The van der Waals surface area contributed by atoms with E-state index in [9.17, 15) is 18.0 Å². The standard InChI is InChI=1S/C33H35F3N6O2S/c1-5-7-24-9-8-21(3)18-29(24)42-22(4)19-45-32(42)39-31(43)38-28(6-2)23-10-12-25(13-11-23)30-37-20-41(40-30)26-14-16-27(17-15-26)44-33(34,35)36/h8-18,20,22,28H,5-7,19H2,1-4H3,(H,38,43). The first kappa shape index (κ1) is 32.1. The minimum Gasteiger partial charge on any atom is -0.406 e. The number of alkyl halides is 3. The molecule has 0 radical (unpaired) electrons. The van der Waals surface area contributed by atoms with Crippen LogP contribution >= 0.6 is 11.8 Å². The largest absolute Gasteiger partial charge is 0.573 e. The first-order valence-electron chi connectivity index (χ1n) is 14.8. The number of urea groups is 1. The second kappa shape index (κ2) is 13.8. The van der Waals surface area contributed by atoms with Gasteiger partial charge in [-0.05, 0) is 73.7 Å². The molecule has 45 heavy (non-hydrogen) atoms. The monoisotopic (exact) mass is 636 g/mol. The average molecular weight is 637 g/mol. The minimum absolute atomic E-state index is 0.216. The summed E-state index contributed by atoms with van der Waals surface area (Å²) >= 11 is 1.60. The van der Waals surface area contributed by atoms with Crippen LogP contribution in [-0.2, 0) is 6.42 Å². The Balaban J connectivity index is 1.27. The molecule has 1 fully saturated rings. The van der Waals surface area contributed by atoms with Crippen LogP contribution in [0, 0.1) is 6.92 Å². The van der Waals surface area contributed by atoms with E-state index in [-0.39, 0.29) is 23.9 Å². The number of nitrogens with one attached hydrogen (secondary N) is 1. The van der Waals surface area contributed by atoms with E-state index in [2.05, 4.69) is 69.0 Å². The Hall–Kier alpha value is -4.32. The molecule has 2 amide bonds. The molecule has 0 saturated carbocycles. The van der Waals surface area contributed by atoms with Gasteiger partial charge in [0.2, 0.25) is 0 Å². The Morgan fingerprint density at radius 1 is 1.11 bits per heavy atom. The summed E-state index contributed by atoms with van der Waals surface area (Å²) in [6.07, 6.45) is -0.602. The van der Waals surface area contributed by atoms with Crippen molar-refractivity contribution in [3.05, 3.63) is 89.7 Å². The van der Waals surface area contributed by atoms with Crippen molar-refractivity contribution in [2.24, 2.45) is 4.99 Å². The molecule has 12 heteroatoms. The molecule has 2 atom stereocenters. The highest BCUT2D eigenvalue weighted by atomic mass is 32.2. The topological polar surface area (TPSA) is 84.6 Å². The zero-order valence-electron chi connectivity index (χ0n) is 25.5. The van der Waals surface area contributed by atoms with Crippen molar-refractivity contribution in [3.8, 4) is 22.8 Å². The number of carbonyl (C=O) groups is 1. The Bertz CT molecular complexity index is 1650. The molecule has 1 N–H and O–H groups in total. The lowest BCUT2D eigenvalue weighted by Gasteiger charge is -2.26. The second-order valence-electron chi connectivity index (χ2n) is 10.9. The SMILES string of the molecule is CCCc1ccc(C)cc1N1C(=NC(=O)NC(CC)c2ccc(-c3ncn(-c4ccc(OC(F)(F)F)cc4)n3)cc2)SCC1C. The van der Waals surface area contributed by atoms with E-state index in [1.54, 1.807) is 11.8 Å². The quantitative estimate of drug-likeness (QED) is 0.199. The molecule has 1 aromatic heterocycles. The van der Waals surface area contributed by atoms with Crippen LogP contribution in [0.1, 0.15) is 56.3 Å². The summed E-state index contributed by atoms with van der Waals surface area (Å²) in [5.41, 5.74) is 5.75. The van der Waals surface area contributed by atoms with Gasteiger partial charge in [0.05, 0.1) is 11.7 Å². The van der Waals surface area contributed by atoms with Gasteiger partial charge in [-0.25, -0.2) is 14.5 Å². The second-order valence-corrected chi connectivity index (χ2v) is 11.9. The van der Waals surface area contributed by atoms with Gasteiger partial charge in [-0.2, -0.15) is 4.99 Å². The first-order valence-corrected chi connectivity index (χ1v) is 15.8. The van der Waals surface area contributed by atoms with Crippen molar-refractivity contribution in [3.63, 3.8) is 0 Å². The van der Waals surface area contributed by atoms with Crippen LogP contribution in [0.25, 0.3) is 17.1 Å². The fourth-order valence-electron chi connectivity index (χ4n) is 5.21. The molecule has 1 aliphatic rings. The van der Waals surface area contributed by atoms with Crippen molar-refractivity contribution in [2.75, 3.05) is 10.7 Å². The number of halogens is 3. The predicted octanol–water partition coefficient (Wildman–Crippen LogP) is 8.25. The van der Waals surface area contributed by atoms with Crippen molar-refractivity contribution < 1.29 is 22.7 Å². The van der Waals surface area contributed by atoms with Crippen molar-refractivity contribution in [1.82, 2.24) is 20.1 Å². The summed E-state index contributed by atoms with van der Waals surface area (Å²) in [5, 5.41) is 8.24. The minimum atomic E-state index is -4.75. The molecule has 0 bridgehead atoms. The van der Waals surface area contributed by atoms with Crippen LogP contribution in [0.3, 0.4) is 0 Å². The summed E-state index contributed by atoms with van der Waals surface area (Å²) in [7, 11) is 0. The van der Waals surface area contributed by atoms with Gasteiger partial charge < -0.3 is 15.0 Å². The number of aryl methyl sites for hydroxylation is 2. The molecule has 1 aliphatic heterocycles. The highest BCUT2D eigenvalue weighted by Crippen LogP contribution is 2.34. The van der Waals surface area contributed by atoms with Crippen LogP contribution in [0.15, 0.2) is 78.0 Å². The number of aliphatic imine (C=N–C) groups is 1. The number of hydrogen-bond acceptors (Lipinski definition) is 5. The lowest BCUT2D eigenvalue weighted by Crippen LogP contribution is -2.34. The van der Waals surface area contributed by atoms with E-state index in [1.165, 1.54) is 46.4 Å². The number of aromatic nitrogens is 3. The van der Waals surface area contributed by atoms with Gasteiger partial charge in [-0.3, -0.25) is 0 Å². The molecule has 0 aliphatic carbocycles. The Morgan fingerprint density at radius 3 is 2.51 bits per heavy atom. The molecule has 236 valence electrons. The molecule has 0 spiro atoms. The molecule has 1 saturated heterocycles. The number of rotatable bonds is 9. The lowest BCUT2D eigenvalue weighted by molar-refractivity contribution is -0.274. The van der Waals surface area contributed by atoms with Crippen LogP contribution < -0.4 is 15.0 Å². The van der Waals surface area contributed by atoms with E-state index in [1.807, 2.05) is 31.2 Å². The third kappa shape index (κ3) is 7.86. The van der Waals surface area contributed by atoms with E-state index in [0.29, 0.717) is 23.1 Å². The zero-order valence-corrected chi connectivity index (χ0v) is 26.3. The van der Waals surface area contributed by atoms with Crippen molar-refractivity contribution in [1.29, 1.82) is 0 Å². The van der Waals surface area contributed by atoms with Crippen LogP contribution in [0.5, 0.6) is 5.75 Å². The predicted molar refractivity (Wildman–Crippen MR) is 172 cm³/mol. The fraction of sp³-hybridized carbons (Fsp3) is 0.333. The van der Waals surface area contributed by atoms with E-state index >= 15 is 0 Å². The summed E-state index contributed by atoms with van der Waals surface area (Å²) in [5.74, 6) is 0.991. The number of ether oxygens (including phenoxy) is 1. The number of nitrogens with zero attached hydrogens (tertiary/aromatic N) is 5. The van der Waals surface area contributed by atoms with Crippen molar-refractivity contribution >= 4 is 28.6 Å². The molecule has 4 aromatic rings. The van der Waals surface area contributed by atoms with Crippen molar-refractivity contribution in [2.45, 2.75) is 65.4 Å². The molecule has 2 unspecified atom stereocenters. The third-order valence-corrected chi connectivity index (χ3v) is 8.62. The Kier molecular flexibility index (Phi) is 9.81. The van der Waals surface area contributed by atoms with E-state index < -0.39 is 6.36 Å². The van der Waals surface area contributed by atoms with Gasteiger partial charge in [-0.15, -0.1) is 18.3 Å². The van der Waals surface area contributed by atoms with Gasteiger partial charge in [-0.1, -0.05) is 68.4 Å². The summed E-state index contributed by atoms with van der Waals surface area (Å²) in [6.45, 7) is 8.40. The van der Waals surface area contributed by atoms with E-state index in [4.69, 9.17) is 0 Å². The van der Waals surface area contributed by atoms with Gasteiger partial charge in [0, 0.05) is 23.0 Å². The number of carbonyl (C=O) groups excluding carboxylic acids is 1. The average Bonchev–Trinajstić information content (AvgIpc) is 3.64. The lowest BCUT2D eigenvalue weighted by atomic mass is 10.0. The number of anilines is 1. The molecular weight excluding hydrogens is 601 g/mol. The number of thioether (sulfide) groups is 1. The highest BCUT2D eigenvalue weighted by Gasteiger charge is 2.32. The van der Waals surface area contributed by atoms with Crippen LogP contribution in [0.2, 0.25) is 0 Å². The third-order valence-electron chi connectivity index (χ3n) is 7.42. The maximum Gasteiger partial charge on any atom is 0.573 e. The molecule has 2 heterocycles. The normalized spacial score (nSPS) is 16.6. The number of hydrogen-bond donors (Lipinski definition) is 1. The first-order chi connectivity index (χ1) is 21.5. The molecule has 3 aromatic carbocycles. The summed E-state index contributed by atoms with van der Waals surface area (Å²) in [6, 6.07) is 19.0. The van der Waals surface area contributed by atoms with Gasteiger partial charge in [0.1, 0.15) is 12.1 Å². The Morgan fingerprint density at radius 2 is 1.84 bits per heavy atom. The number of benzene rings is 3. The maximum atomic E-state index is 13.2. The highest BCUT2D eigenvalue weighted by molar-refractivity contribution is 8.14.